The Morgan fingerprint density at radius 1 is 0.727 bits per heavy atom. The monoisotopic (exact) mass is 295 g/mol. The van der Waals surface area contributed by atoms with Crippen molar-refractivity contribution >= 4 is 17.7 Å². The van der Waals surface area contributed by atoms with E-state index in [9.17, 15) is 14.4 Å². The van der Waals surface area contributed by atoms with Gasteiger partial charge in [-0.15, -0.1) is 0 Å². The second kappa shape index (κ2) is 6.80. The molecule has 0 aliphatic heterocycles. The lowest BCUT2D eigenvalue weighted by Gasteiger charge is -2.23. The number of rotatable bonds is 3. The van der Waals surface area contributed by atoms with Crippen molar-refractivity contribution in [3.8, 4) is 0 Å². The van der Waals surface area contributed by atoms with Crippen LogP contribution >= 0.6 is 0 Å². The summed E-state index contributed by atoms with van der Waals surface area (Å²) in [5.41, 5.74) is 1.48. The van der Waals surface area contributed by atoms with Gasteiger partial charge >= 0.3 is 0 Å². The molecule has 4 nitrogen and oxygen atoms in total. The van der Waals surface area contributed by atoms with Crippen molar-refractivity contribution in [2.24, 2.45) is 0 Å². The van der Waals surface area contributed by atoms with E-state index in [4.69, 9.17) is 0 Å². The topological polar surface area (TPSA) is 54.5 Å². The van der Waals surface area contributed by atoms with E-state index in [-0.39, 0.29) is 0 Å². The first-order chi connectivity index (χ1) is 10.5. The van der Waals surface area contributed by atoms with Crippen LogP contribution in [0.15, 0.2) is 60.7 Å². The highest BCUT2D eigenvalue weighted by molar-refractivity contribution is 6.12. The average molecular weight is 295 g/mol. The van der Waals surface area contributed by atoms with Gasteiger partial charge in [-0.2, -0.15) is 0 Å². The first-order valence-corrected chi connectivity index (χ1v) is 6.97. The molecule has 0 saturated heterocycles. The Kier molecular flexibility index (Phi) is 4.84. The van der Waals surface area contributed by atoms with Crippen molar-refractivity contribution < 1.29 is 14.4 Å². The fraction of sp³-hybridized carbons (Fsp3) is 0.167. The zero-order chi connectivity index (χ0) is 16.1. The molecule has 2 aromatic rings. The lowest BCUT2D eigenvalue weighted by molar-refractivity contribution is -0.152. The summed E-state index contributed by atoms with van der Waals surface area (Å²) in [6.07, 6.45) is 0. The van der Waals surface area contributed by atoms with Gasteiger partial charge in [-0.1, -0.05) is 60.7 Å². The maximum Gasteiger partial charge on any atom is 0.248 e. The van der Waals surface area contributed by atoms with E-state index in [1.807, 2.05) is 60.7 Å². The van der Waals surface area contributed by atoms with Gasteiger partial charge in [0.15, 0.2) is 0 Å². The number of imide groups is 3. The fourth-order valence-electron chi connectivity index (χ4n) is 2.43. The minimum atomic E-state index is -0.685. The van der Waals surface area contributed by atoms with Crippen LogP contribution in [0.4, 0.5) is 0 Å². The molecule has 0 radical (unpaired) electrons. The third kappa shape index (κ3) is 3.28. The normalized spacial score (nSPS) is 10.3. The first kappa shape index (κ1) is 15.6. The quantitative estimate of drug-likeness (QED) is 0.875. The highest BCUT2D eigenvalue weighted by atomic mass is 16.2. The Labute approximate surface area is 129 Å². The van der Waals surface area contributed by atoms with E-state index in [0.717, 1.165) is 11.1 Å². The molecule has 0 spiro atoms. The van der Waals surface area contributed by atoms with Crippen LogP contribution in [0.25, 0.3) is 0 Å². The molecule has 0 aromatic heterocycles. The number of benzene rings is 2. The van der Waals surface area contributed by atoms with Crippen LogP contribution in [0, 0.1) is 0 Å². The summed E-state index contributed by atoms with van der Waals surface area (Å²) < 4.78 is 0. The highest BCUT2D eigenvalue weighted by Gasteiger charge is 2.32. The molecule has 0 heterocycles. The number of nitrogens with zero attached hydrogens (tertiary/aromatic N) is 1. The molecule has 4 heteroatoms. The Hall–Kier alpha value is -2.75. The summed E-state index contributed by atoms with van der Waals surface area (Å²) in [6, 6.07) is 18.3. The summed E-state index contributed by atoms with van der Waals surface area (Å²) in [5, 5.41) is 0. The second-order valence-electron chi connectivity index (χ2n) is 4.97. The van der Waals surface area contributed by atoms with E-state index in [0.29, 0.717) is 4.90 Å². The molecular formula is C18H17NO3. The lowest BCUT2D eigenvalue weighted by Crippen LogP contribution is -2.42. The molecule has 0 saturated carbocycles. The second-order valence-corrected chi connectivity index (χ2v) is 4.97. The predicted molar refractivity (Wildman–Crippen MR) is 82.9 cm³/mol. The summed E-state index contributed by atoms with van der Waals surface area (Å²) in [7, 11) is 0. The van der Waals surface area contributed by atoms with Crippen LogP contribution in [0.3, 0.4) is 0 Å². The molecule has 3 amide bonds. The summed E-state index contributed by atoms with van der Waals surface area (Å²) >= 11 is 0. The third-order valence-electron chi connectivity index (χ3n) is 3.36. The van der Waals surface area contributed by atoms with Gasteiger partial charge in [0.25, 0.3) is 0 Å². The van der Waals surface area contributed by atoms with Gasteiger partial charge in [0, 0.05) is 13.8 Å². The van der Waals surface area contributed by atoms with E-state index in [1.54, 1.807) is 0 Å². The molecule has 0 atom stereocenters. The van der Waals surface area contributed by atoms with E-state index in [1.165, 1.54) is 13.8 Å². The van der Waals surface area contributed by atoms with Gasteiger partial charge in [-0.25, -0.2) is 4.90 Å². The fourth-order valence-corrected chi connectivity index (χ4v) is 2.43. The SMILES string of the molecule is CC(=O)N(C(C)=O)C(=O)C(c1ccccc1)c1ccccc1. The highest BCUT2D eigenvalue weighted by Crippen LogP contribution is 2.27. The van der Waals surface area contributed by atoms with Crippen LogP contribution in [0.2, 0.25) is 0 Å². The van der Waals surface area contributed by atoms with Crippen molar-refractivity contribution in [1.29, 1.82) is 0 Å². The minimum absolute atomic E-state index is 0.530. The standard InChI is InChI=1S/C18H17NO3/c1-13(20)19(14(2)21)18(22)17(15-9-5-3-6-10-15)16-11-7-4-8-12-16/h3-12,17H,1-2H3. The number of carbonyl (C=O) groups excluding carboxylic acids is 3. The van der Waals surface area contributed by atoms with E-state index in [2.05, 4.69) is 0 Å². The number of amides is 3. The van der Waals surface area contributed by atoms with Crippen molar-refractivity contribution in [2.45, 2.75) is 19.8 Å². The molecule has 0 fully saturated rings. The third-order valence-corrected chi connectivity index (χ3v) is 3.36. The Balaban J connectivity index is 2.52. The zero-order valence-corrected chi connectivity index (χ0v) is 12.5. The molecule has 0 aliphatic carbocycles. The predicted octanol–water partition coefficient (Wildman–Crippen LogP) is 2.74. The van der Waals surface area contributed by atoms with Crippen LogP contribution in [0.1, 0.15) is 30.9 Å². The summed E-state index contributed by atoms with van der Waals surface area (Å²) in [5.74, 6) is -2.36. The van der Waals surface area contributed by atoms with Crippen LogP contribution in [-0.2, 0) is 14.4 Å². The number of hydrogen-bond acceptors (Lipinski definition) is 3. The molecule has 2 aromatic carbocycles. The molecule has 0 N–H and O–H groups in total. The maximum atomic E-state index is 12.8. The number of hydrogen-bond donors (Lipinski definition) is 0. The van der Waals surface area contributed by atoms with Crippen molar-refractivity contribution in [1.82, 2.24) is 4.90 Å². The Bertz CT molecular complexity index is 626. The average Bonchev–Trinajstić information content (AvgIpc) is 2.49. The Morgan fingerprint density at radius 3 is 1.41 bits per heavy atom. The number of carbonyl (C=O) groups is 3. The molecule has 0 unspecified atom stereocenters. The van der Waals surface area contributed by atoms with Crippen LogP contribution in [-0.4, -0.2) is 22.6 Å². The molecule has 2 rings (SSSR count). The molecule has 0 aliphatic rings. The van der Waals surface area contributed by atoms with Crippen molar-refractivity contribution in [3.63, 3.8) is 0 Å². The molecular weight excluding hydrogens is 278 g/mol. The smallest absolute Gasteiger partial charge is 0.248 e. The zero-order valence-electron chi connectivity index (χ0n) is 12.5. The molecule has 112 valence electrons. The largest absolute Gasteiger partial charge is 0.274 e. The van der Waals surface area contributed by atoms with Crippen LogP contribution in [0.5, 0.6) is 0 Å². The van der Waals surface area contributed by atoms with Gasteiger partial charge < -0.3 is 0 Å². The first-order valence-electron chi connectivity index (χ1n) is 6.97. The minimum Gasteiger partial charge on any atom is -0.274 e. The summed E-state index contributed by atoms with van der Waals surface area (Å²) in [6.45, 7) is 2.43. The van der Waals surface area contributed by atoms with E-state index >= 15 is 0 Å². The lowest BCUT2D eigenvalue weighted by atomic mass is 9.90. The Morgan fingerprint density at radius 2 is 1.09 bits per heavy atom. The van der Waals surface area contributed by atoms with Crippen molar-refractivity contribution in [2.75, 3.05) is 0 Å². The van der Waals surface area contributed by atoms with Crippen LogP contribution < -0.4 is 0 Å². The van der Waals surface area contributed by atoms with E-state index < -0.39 is 23.6 Å². The maximum absolute atomic E-state index is 12.8. The molecule has 22 heavy (non-hydrogen) atoms. The summed E-state index contributed by atoms with van der Waals surface area (Å²) in [4.78, 5) is 36.9. The van der Waals surface area contributed by atoms with Crippen molar-refractivity contribution in [3.05, 3.63) is 71.8 Å². The van der Waals surface area contributed by atoms with Gasteiger partial charge in [0.1, 0.15) is 0 Å². The molecule has 0 bridgehead atoms. The van der Waals surface area contributed by atoms with Gasteiger partial charge in [-0.3, -0.25) is 14.4 Å². The van der Waals surface area contributed by atoms with Gasteiger partial charge in [0.2, 0.25) is 17.7 Å². The van der Waals surface area contributed by atoms with Gasteiger partial charge in [0.05, 0.1) is 5.92 Å². The van der Waals surface area contributed by atoms with Gasteiger partial charge in [-0.05, 0) is 11.1 Å².